The summed E-state index contributed by atoms with van der Waals surface area (Å²) in [6.45, 7) is 2.00. The van der Waals surface area contributed by atoms with Gasteiger partial charge in [0.2, 0.25) is 0 Å². The highest BCUT2D eigenvalue weighted by Crippen LogP contribution is 2.28. The molecule has 0 bridgehead atoms. The number of thiophene rings is 1. The average Bonchev–Trinajstić information content (AvgIpc) is 2.80. The van der Waals surface area contributed by atoms with Crippen molar-refractivity contribution in [3.05, 3.63) is 57.3 Å². The van der Waals surface area contributed by atoms with E-state index >= 15 is 0 Å². The van der Waals surface area contributed by atoms with Crippen LogP contribution in [0.3, 0.4) is 0 Å². The molecule has 94 valence electrons. The lowest BCUT2D eigenvalue weighted by molar-refractivity contribution is -0.114. The Hall–Kier alpha value is -2.20. The number of rotatable bonds is 1. The second-order valence-corrected chi connectivity index (χ2v) is 5.30. The van der Waals surface area contributed by atoms with Crippen LogP contribution in [-0.2, 0) is 4.79 Å². The smallest absolute Gasteiger partial charge is 0.258 e. The van der Waals surface area contributed by atoms with Crippen LogP contribution in [-0.4, -0.2) is 11.8 Å². The molecule has 0 unspecified atom stereocenters. The van der Waals surface area contributed by atoms with E-state index in [9.17, 15) is 9.59 Å². The molecule has 1 aliphatic heterocycles. The second-order valence-electron chi connectivity index (χ2n) is 4.35. The van der Waals surface area contributed by atoms with Crippen LogP contribution in [0.25, 0.3) is 11.6 Å². The molecule has 0 atom stereocenters. The van der Waals surface area contributed by atoms with E-state index in [-0.39, 0.29) is 11.8 Å². The predicted octanol–water partition coefficient (Wildman–Crippen LogP) is 2.87. The molecule has 1 aromatic heterocycles. The van der Waals surface area contributed by atoms with Gasteiger partial charge in [0.25, 0.3) is 11.8 Å². The van der Waals surface area contributed by atoms with Gasteiger partial charge < -0.3 is 0 Å². The summed E-state index contributed by atoms with van der Waals surface area (Å²) in [5.41, 5.74) is 2.91. The summed E-state index contributed by atoms with van der Waals surface area (Å²) >= 11 is 1.58. The molecule has 3 nitrogen and oxygen atoms in total. The average molecular weight is 269 g/mol. The second kappa shape index (κ2) is 4.48. The maximum atomic E-state index is 12.0. The number of hydrogen-bond acceptors (Lipinski definition) is 3. The van der Waals surface area contributed by atoms with Crippen LogP contribution in [0.4, 0.5) is 0 Å². The lowest BCUT2D eigenvalue weighted by Gasteiger charge is -2.17. The lowest BCUT2D eigenvalue weighted by Crippen LogP contribution is -2.36. The number of fused-ring (bicyclic) bond motifs is 1. The summed E-state index contributed by atoms with van der Waals surface area (Å²) in [6, 6.07) is 9.17. The van der Waals surface area contributed by atoms with Crippen molar-refractivity contribution in [1.82, 2.24) is 5.32 Å². The summed E-state index contributed by atoms with van der Waals surface area (Å²) < 4.78 is 0. The largest absolute Gasteiger partial charge is 0.288 e. The van der Waals surface area contributed by atoms with E-state index in [2.05, 4.69) is 5.32 Å². The molecule has 1 N–H and O–H groups in total. The van der Waals surface area contributed by atoms with Gasteiger partial charge in [-0.15, -0.1) is 11.3 Å². The number of benzene rings is 1. The Morgan fingerprint density at radius 1 is 1.05 bits per heavy atom. The maximum absolute atomic E-state index is 12.0. The summed E-state index contributed by atoms with van der Waals surface area (Å²) in [7, 11) is 0. The van der Waals surface area contributed by atoms with Crippen LogP contribution in [0.15, 0.2) is 35.7 Å². The molecule has 1 aromatic carbocycles. The van der Waals surface area contributed by atoms with Crippen molar-refractivity contribution in [2.45, 2.75) is 6.92 Å². The minimum Gasteiger partial charge on any atom is -0.288 e. The van der Waals surface area contributed by atoms with E-state index in [1.807, 2.05) is 30.5 Å². The standard InChI is InChI=1S/C15H11NO2S/c1-9-6-7-19-13(9)8-12-10-4-2-3-5-11(10)14(17)16-15(12)18/h2-8H,1H3,(H,16,17,18)/b12-8+. The van der Waals surface area contributed by atoms with Crippen LogP contribution >= 0.6 is 11.3 Å². The normalized spacial score (nSPS) is 16.4. The molecular formula is C15H11NO2S. The lowest BCUT2D eigenvalue weighted by atomic mass is 9.94. The van der Waals surface area contributed by atoms with Crippen molar-refractivity contribution in [3.63, 3.8) is 0 Å². The zero-order chi connectivity index (χ0) is 13.4. The van der Waals surface area contributed by atoms with Gasteiger partial charge in [-0.05, 0) is 41.6 Å². The summed E-state index contributed by atoms with van der Waals surface area (Å²) in [4.78, 5) is 24.8. The molecule has 4 heteroatoms. The molecule has 0 spiro atoms. The van der Waals surface area contributed by atoms with E-state index < -0.39 is 0 Å². The first-order chi connectivity index (χ1) is 9.16. The highest BCUT2D eigenvalue weighted by molar-refractivity contribution is 7.11. The van der Waals surface area contributed by atoms with Gasteiger partial charge in [0, 0.05) is 16.0 Å². The van der Waals surface area contributed by atoms with Gasteiger partial charge in [-0.25, -0.2) is 0 Å². The highest BCUT2D eigenvalue weighted by Gasteiger charge is 2.26. The fourth-order valence-electron chi connectivity index (χ4n) is 2.08. The number of aryl methyl sites for hydroxylation is 1. The molecule has 0 saturated carbocycles. The summed E-state index contributed by atoms with van der Waals surface area (Å²) in [6.07, 6.45) is 1.85. The molecule has 0 saturated heterocycles. The first-order valence-electron chi connectivity index (χ1n) is 5.87. The van der Waals surface area contributed by atoms with Gasteiger partial charge >= 0.3 is 0 Å². The van der Waals surface area contributed by atoms with Gasteiger partial charge in [0.1, 0.15) is 0 Å². The van der Waals surface area contributed by atoms with Gasteiger partial charge in [0.15, 0.2) is 0 Å². The number of carbonyl (C=O) groups is 2. The van der Waals surface area contributed by atoms with Crippen molar-refractivity contribution >= 4 is 34.8 Å². The third-order valence-electron chi connectivity index (χ3n) is 3.11. The van der Waals surface area contributed by atoms with Crippen molar-refractivity contribution in [3.8, 4) is 0 Å². The molecule has 0 fully saturated rings. The zero-order valence-electron chi connectivity index (χ0n) is 10.3. The molecule has 19 heavy (non-hydrogen) atoms. The Morgan fingerprint density at radius 3 is 2.47 bits per heavy atom. The summed E-state index contributed by atoms with van der Waals surface area (Å²) in [5, 5.41) is 4.36. The topological polar surface area (TPSA) is 46.2 Å². The van der Waals surface area contributed by atoms with Crippen molar-refractivity contribution in [2.75, 3.05) is 0 Å². The predicted molar refractivity (Wildman–Crippen MR) is 75.8 cm³/mol. The molecule has 0 radical (unpaired) electrons. The highest BCUT2D eigenvalue weighted by atomic mass is 32.1. The number of nitrogens with one attached hydrogen (secondary N) is 1. The maximum Gasteiger partial charge on any atom is 0.258 e. The van der Waals surface area contributed by atoms with Gasteiger partial charge in [0.05, 0.1) is 0 Å². The molecule has 2 heterocycles. The Kier molecular flexibility index (Phi) is 2.80. The molecule has 3 rings (SSSR count). The Balaban J connectivity index is 2.19. The Bertz CT molecular complexity index is 712. The third-order valence-corrected chi connectivity index (χ3v) is 4.08. The number of carbonyl (C=O) groups excluding carboxylic acids is 2. The van der Waals surface area contributed by atoms with E-state index in [0.29, 0.717) is 16.7 Å². The number of amides is 2. The van der Waals surface area contributed by atoms with E-state index in [0.717, 1.165) is 10.4 Å². The van der Waals surface area contributed by atoms with Crippen molar-refractivity contribution < 1.29 is 9.59 Å². The minimum atomic E-state index is -0.337. The van der Waals surface area contributed by atoms with Crippen LogP contribution in [0.1, 0.15) is 26.4 Å². The van der Waals surface area contributed by atoms with Crippen molar-refractivity contribution in [2.24, 2.45) is 0 Å². The van der Waals surface area contributed by atoms with Crippen LogP contribution in [0, 0.1) is 6.92 Å². The minimum absolute atomic E-state index is 0.333. The van der Waals surface area contributed by atoms with Crippen LogP contribution in [0.2, 0.25) is 0 Å². The van der Waals surface area contributed by atoms with Gasteiger partial charge in [-0.3, -0.25) is 14.9 Å². The Morgan fingerprint density at radius 2 is 1.79 bits per heavy atom. The van der Waals surface area contributed by atoms with E-state index in [1.165, 1.54) is 0 Å². The van der Waals surface area contributed by atoms with E-state index in [4.69, 9.17) is 0 Å². The Labute approximate surface area is 114 Å². The number of hydrogen-bond donors (Lipinski definition) is 1. The van der Waals surface area contributed by atoms with Crippen LogP contribution < -0.4 is 5.32 Å². The van der Waals surface area contributed by atoms with Crippen LogP contribution in [0.5, 0.6) is 0 Å². The molecule has 2 amide bonds. The number of imide groups is 1. The molecule has 0 aliphatic carbocycles. The molecule has 1 aliphatic rings. The third kappa shape index (κ3) is 2.00. The fourth-order valence-corrected chi connectivity index (χ4v) is 2.94. The van der Waals surface area contributed by atoms with Gasteiger partial charge in [-0.1, -0.05) is 18.2 Å². The molecule has 2 aromatic rings. The molecular weight excluding hydrogens is 258 g/mol. The summed E-state index contributed by atoms with van der Waals surface area (Å²) in [5.74, 6) is -0.669. The fraction of sp³-hybridized carbons (Fsp3) is 0.0667. The zero-order valence-corrected chi connectivity index (χ0v) is 11.1. The first-order valence-corrected chi connectivity index (χ1v) is 6.75. The monoisotopic (exact) mass is 269 g/mol. The first kappa shape index (κ1) is 11.9. The quantitative estimate of drug-likeness (QED) is 0.639. The SMILES string of the molecule is Cc1ccsc1/C=C1/C(=O)NC(=O)c2ccccc21. The van der Waals surface area contributed by atoms with Gasteiger partial charge in [-0.2, -0.15) is 0 Å². The van der Waals surface area contributed by atoms with Crippen molar-refractivity contribution in [1.29, 1.82) is 0 Å². The van der Waals surface area contributed by atoms with E-state index in [1.54, 1.807) is 29.5 Å².